The van der Waals surface area contributed by atoms with Gasteiger partial charge in [-0.25, -0.2) is 0 Å². The van der Waals surface area contributed by atoms with E-state index in [0.29, 0.717) is 18.6 Å². The van der Waals surface area contributed by atoms with E-state index in [1.807, 2.05) is 0 Å². The maximum atomic E-state index is 6.93. The molecule has 0 radical (unpaired) electrons. The van der Waals surface area contributed by atoms with E-state index in [1.165, 1.54) is 99.1 Å². The highest BCUT2D eigenvalue weighted by atomic mass is 16.6. The van der Waals surface area contributed by atoms with Crippen molar-refractivity contribution in [2.45, 2.75) is 100 Å². The lowest BCUT2D eigenvalue weighted by Gasteiger charge is -2.57. The molecular formula is C36H44O4. The Morgan fingerprint density at radius 2 is 1.10 bits per heavy atom. The van der Waals surface area contributed by atoms with E-state index in [4.69, 9.17) is 18.9 Å². The molecule has 4 nitrogen and oxygen atoms in total. The van der Waals surface area contributed by atoms with Gasteiger partial charge in [0.15, 0.2) is 0 Å². The molecule has 2 heterocycles. The van der Waals surface area contributed by atoms with Crippen LogP contribution >= 0.6 is 0 Å². The number of hydrogen-bond acceptors (Lipinski definition) is 4. The molecule has 10 aliphatic rings. The van der Waals surface area contributed by atoms with Crippen molar-refractivity contribution in [1.82, 2.24) is 0 Å². The highest BCUT2D eigenvalue weighted by Crippen LogP contribution is 2.64. The minimum Gasteiger partial charge on any atom is -0.490 e. The smallest absolute Gasteiger partial charge is 0.131 e. The average Bonchev–Trinajstić information content (AvgIpc) is 3.85. The second kappa shape index (κ2) is 8.40. The van der Waals surface area contributed by atoms with E-state index < -0.39 is 0 Å². The van der Waals surface area contributed by atoms with Gasteiger partial charge in [-0.2, -0.15) is 0 Å². The lowest BCUT2D eigenvalue weighted by atomic mass is 9.47. The predicted octanol–water partition coefficient (Wildman–Crippen LogP) is 7.33. The minimum absolute atomic E-state index is 0.244. The Morgan fingerprint density at radius 1 is 0.600 bits per heavy atom. The molecule has 10 fully saturated rings. The molecule has 2 unspecified atom stereocenters. The van der Waals surface area contributed by atoms with Gasteiger partial charge in [0, 0.05) is 16.3 Å². The SMILES string of the molecule is c1cc2c(OCC3CO3)cc(C34CC5CC(CC(C5)C3)C4)c(OCC3CO3)c2cc1C12CC3CC(CC(C3)C1)C2. The number of benzene rings is 2. The predicted molar refractivity (Wildman–Crippen MR) is 154 cm³/mol. The summed E-state index contributed by atoms with van der Waals surface area (Å²) < 4.78 is 24.8. The number of epoxide rings is 2. The van der Waals surface area contributed by atoms with Crippen LogP contribution in [0, 0.1) is 35.5 Å². The first-order valence-electron chi connectivity index (χ1n) is 16.7. The van der Waals surface area contributed by atoms with Crippen LogP contribution in [-0.2, 0) is 20.3 Å². The van der Waals surface area contributed by atoms with Gasteiger partial charge in [-0.05, 0) is 141 Å². The molecule has 212 valence electrons. The summed E-state index contributed by atoms with van der Waals surface area (Å²) in [6.07, 6.45) is 17.5. The van der Waals surface area contributed by atoms with Gasteiger partial charge in [0.05, 0.1) is 13.2 Å². The lowest BCUT2D eigenvalue weighted by Crippen LogP contribution is -2.48. The fraction of sp³-hybridized carbons (Fsp3) is 0.722. The average molecular weight is 541 g/mol. The van der Waals surface area contributed by atoms with E-state index >= 15 is 0 Å². The van der Waals surface area contributed by atoms with Crippen LogP contribution in [0.1, 0.15) is 88.2 Å². The Labute approximate surface area is 238 Å². The Bertz CT molecular complexity index is 1280. The third-order valence-electron chi connectivity index (χ3n) is 13.0. The van der Waals surface area contributed by atoms with Crippen molar-refractivity contribution in [2.75, 3.05) is 26.4 Å². The first-order chi connectivity index (χ1) is 19.6. The van der Waals surface area contributed by atoms with Gasteiger partial charge >= 0.3 is 0 Å². The molecule has 2 aromatic carbocycles. The van der Waals surface area contributed by atoms with Crippen LogP contribution in [-0.4, -0.2) is 38.6 Å². The summed E-state index contributed by atoms with van der Waals surface area (Å²) in [5.41, 5.74) is 3.67. The largest absolute Gasteiger partial charge is 0.490 e. The van der Waals surface area contributed by atoms with E-state index in [0.717, 1.165) is 54.5 Å². The summed E-state index contributed by atoms with van der Waals surface area (Å²) in [7, 11) is 0. The molecule has 12 rings (SSSR count). The van der Waals surface area contributed by atoms with E-state index in [2.05, 4.69) is 24.3 Å². The summed E-state index contributed by atoms with van der Waals surface area (Å²) in [4.78, 5) is 0. The summed E-state index contributed by atoms with van der Waals surface area (Å²) >= 11 is 0. The zero-order valence-electron chi connectivity index (χ0n) is 23.9. The second-order valence-corrected chi connectivity index (χ2v) is 15.9. The fourth-order valence-corrected chi connectivity index (χ4v) is 12.0. The molecule has 40 heavy (non-hydrogen) atoms. The van der Waals surface area contributed by atoms with E-state index in [-0.39, 0.29) is 17.6 Å². The van der Waals surface area contributed by atoms with Crippen molar-refractivity contribution < 1.29 is 18.9 Å². The number of rotatable bonds is 8. The quantitative estimate of drug-likeness (QED) is 0.329. The zero-order valence-corrected chi connectivity index (χ0v) is 23.9. The number of fused-ring (bicyclic) bond motifs is 1. The van der Waals surface area contributed by atoms with Crippen LogP contribution in [0.4, 0.5) is 0 Å². The van der Waals surface area contributed by atoms with Crippen molar-refractivity contribution in [1.29, 1.82) is 0 Å². The van der Waals surface area contributed by atoms with Gasteiger partial charge < -0.3 is 18.9 Å². The Kier molecular flexibility index (Phi) is 4.99. The van der Waals surface area contributed by atoms with Crippen molar-refractivity contribution in [3.05, 3.63) is 35.4 Å². The third kappa shape index (κ3) is 3.77. The summed E-state index contributed by atoms with van der Waals surface area (Å²) in [5, 5.41) is 2.54. The molecule has 8 bridgehead atoms. The Morgan fingerprint density at radius 3 is 1.62 bits per heavy atom. The molecule has 4 heteroatoms. The van der Waals surface area contributed by atoms with Gasteiger partial charge in [0.2, 0.25) is 0 Å². The van der Waals surface area contributed by atoms with Crippen LogP contribution in [0.3, 0.4) is 0 Å². The van der Waals surface area contributed by atoms with Gasteiger partial charge in [0.1, 0.15) is 36.9 Å². The van der Waals surface area contributed by atoms with Gasteiger partial charge in [-0.3, -0.25) is 0 Å². The van der Waals surface area contributed by atoms with Crippen LogP contribution in [0.25, 0.3) is 10.8 Å². The molecule has 8 aliphatic carbocycles. The summed E-state index contributed by atoms with van der Waals surface area (Å²) in [6, 6.07) is 9.91. The van der Waals surface area contributed by atoms with Crippen LogP contribution in [0.5, 0.6) is 11.5 Å². The number of ether oxygens (including phenoxy) is 4. The summed E-state index contributed by atoms with van der Waals surface area (Å²) in [5.74, 6) is 7.75. The van der Waals surface area contributed by atoms with Crippen LogP contribution in [0.15, 0.2) is 24.3 Å². The monoisotopic (exact) mass is 540 g/mol. The normalized spacial score (nSPS) is 45.3. The standard InChI is InChI=1S/C36H44O4/c1-2-30-31(9-27(1)35-11-21-3-22(12-35)5-23(4-21)13-35)34(40-20-29-18-38-29)32(10-33(30)39-19-28-17-37-28)36-14-24-6-25(15-36)8-26(7-24)16-36/h1-2,9-10,21-26,28-29H,3-8,11-20H2. The molecule has 2 aliphatic heterocycles. The molecule has 2 atom stereocenters. The topological polar surface area (TPSA) is 43.5 Å². The third-order valence-corrected chi connectivity index (χ3v) is 13.0. The van der Waals surface area contributed by atoms with Gasteiger partial charge in [-0.15, -0.1) is 0 Å². The molecule has 2 saturated heterocycles. The zero-order chi connectivity index (χ0) is 26.1. The maximum Gasteiger partial charge on any atom is 0.131 e. The fourth-order valence-electron chi connectivity index (χ4n) is 12.0. The second-order valence-electron chi connectivity index (χ2n) is 15.9. The highest BCUT2D eigenvalue weighted by Gasteiger charge is 2.54. The molecule has 2 aromatic rings. The van der Waals surface area contributed by atoms with Crippen molar-refractivity contribution in [3.8, 4) is 11.5 Å². The summed E-state index contributed by atoms with van der Waals surface area (Å²) in [6.45, 7) is 3.00. The molecule has 0 amide bonds. The lowest BCUT2D eigenvalue weighted by molar-refractivity contribution is -0.00645. The Hall–Kier alpha value is -1.78. The molecule has 8 saturated carbocycles. The number of hydrogen-bond donors (Lipinski definition) is 0. The first kappa shape index (κ1) is 23.7. The van der Waals surface area contributed by atoms with Crippen LogP contribution < -0.4 is 9.47 Å². The minimum atomic E-state index is 0.244. The first-order valence-corrected chi connectivity index (χ1v) is 16.7. The van der Waals surface area contributed by atoms with Crippen LogP contribution in [0.2, 0.25) is 0 Å². The van der Waals surface area contributed by atoms with E-state index in [1.54, 1.807) is 5.56 Å². The Balaban J connectivity index is 1.15. The van der Waals surface area contributed by atoms with Crippen molar-refractivity contribution >= 4 is 10.8 Å². The molecular weight excluding hydrogens is 496 g/mol. The van der Waals surface area contributed by atoms with E-state index in [9.17, 15) is 0 Å². The maximum absolute atomic E-state index is 6.93. The molecule has 0 spiro atoms. The van der Waals surface area contributed by atoms with Gasteiger partial charge in [-0.1, -0.05) is 12.1 Å². The molecule has 0 N–H and O–H groups in total. The highest BCUT2D eigenvalue weighted by molar-refractivity contribution is 5.95. The van der Waals surface area contributed by atoms with Crippen molar-refractivity contribution in [3.63, 3.8) is 0 Å². The van der Waals surface area contributed by atoms with Crippen molar-refractivity contribution in [2.24, 2.45) is 35.5 Å². The molecule has 0 aromatic heterocycles. The van der Waals surface area contributed by atoms with Gasteiger partial charge in [0.25, 0.3) is 0 Å².